The zero-order valence-electron chi connectivity index (χ0n) is 8.07. The molecule has 0 aliphatic carbocycles. The van der Waals surface area contributed by atoms with E-state index in [9.17, 15) is 0 Å². The molecule has 0 bridgehead atoms. The first-order valence-corrected chi connectivity index (χ1v) is 5.05. The lowest BCUT2D eigenvalue weighted by Crippen LogP contribution is -1.84. The van der Waals surface area contributed by atoms with Gasteiger partial charge in [0.15, 0.2) is 0 Å². The maximum absolute atomic E-state index is 8.00. The van der Waals surface area contributed by atoms with E-state index < -0.39 is 0 Å². The summed E-state index contributed by atoms with van der Waals surface area (Å²) < 4.78 is 0. The molecule has 2 aromatic carbocycles. The third-order valence-corrected chi connectivity index (χ3v) is 2.45. The molecule has 0 N–H and O–H groups in total. The lowest BCUT2D eigenvalue weighted by molar-refractivity contribution is 1.55. The van der Waals surface area contributed by atoms with E-state index in [0.29, 0.717) is 10.6 Å². The number of hydrogen-bond acceptors (Lipinski definition) is 0. The van der Waals surface area contributed by atoms with Crippen molar-refractivity contribution < 1.29 is 0 Å². The first-order chi connectivity index (χ1) is 7.27. The van der Waals surface area contributed by atoms with Gasteiger partial charge in [0.1, 0.15) is 0 Å². The minimum absolute atomic E-state index is 0.521. The van der Waals surface area contributed by atoms with Gasteiger partial charge in [0.05, 0.1) is 0 Å². The molecule has 0 saturated carbocycles. The predicted molar refractivity (Wildman–Crippen MR) is 63.6 cm³/mol. The van der Waals surface area contributed by atoms with E-state index in [2.05, 4.69) is 0 Å². The molecule has 1 heteroatoms. The Labute approximate surface area is 94.8 Å². The highest BCUT2D eigenvalue weighted by Gasteiger charge is 2.01. The van der Waals surface area contributed by atoms with Crippen molar-refractivity contribution in [3.8, 4) is 0 Å². The van der Waals surface area contributed by atoms with Crippen LogP contribution in [-0.4, -0.2) is 0 Å². The van der Waals surface area contributed by atoms with Gasteiger partial charge in [-0.1, -0.05) is 54.1 Å². The van der Waals surface area contributed by atoms with E-state index in [1.807, 2.05) is 42.5 Å². The Bertz CT molecular complexity index is 454. The Morgan fingerprint density at radius 2 is 1.33 bits per heavy atom. The van der Waals surface area contributed by atoms with Crippen molar-refractivity contribution in [2.75, 3.05) is 0 Å². The van der Waals surface area contributed by atoms with Gasteiger partial charge in [0, 0.05) is 5.02 Å². The highest BCUT2D eigenvalue weighted by atomic mass is 35.5. The van der Waals surface area contributed by atoms with Crippen molar-refractivity contribution in [1.82, 2.24) is 0 Å². The zero-order valence-corrected chi connectivity index (χ0v) is 8.83. The third kappa shape index (κ3) is 2.28. The van der Waals surface area contributed by atoms with E-state index in [-0.39, 0.29) is 0 Å². The van der Waals surface area contributed by atoms with Gasteiger partial charge in [-0.3, -0.25) is 0 Å². The molecular formula is C14H9Cl. The molecule has 0 amide bonds. The van der Waals surface area contributed by atoms with Gasteiger partial charge in [-0.15, -0.1) is 0 Å². The van der Waals surface area contributed by atoms with Crippen LogP contribution >= 0.6 is 11.6 Å². The van der Waals surface area contributed by atoms with Gasteiger partial charge in [0.2, 0.25) is 0 Å². The molecule has 2 aromatic rings. The summed E-state index contributed by atoms with van der Waals surface area (Å²) in [7, 11) is 0. The molecule has 0 aliphatic rings. The van der Waals surface area contributed by atoms with Crippen LogP contribution < -0.4 is 0 Å². The fourth-order valence-electron chi connectivity index (χ4n) is 1.39. The normalized spacial score (nSPS) is 9.93. The van der Waals surface area contributed by atoms with Crippen LogP contribution in [0.25, 0.3) is 5.57 Å². The fraction of sp³-hybridized carbons (Fsp3) is 0. The molecule has 0 heterocycles. The van der Waals surface area contributed by atoms with E-state index in [1.165, 1.54) is 0 Å². The molecule has 2 rings (SSSR count). The highest BCUT2D eigenvalue weighted by molar-refractivity contribution is 6.30. The Hall–Kier alpha value is -1.53. The average Bonchev–Trinajstić information content (AvgIpc) is 2.30. The fourth-order valence-corrected chi connectivity index (χ4v) is 1.51. The van der Waals surface area contributed by atoms with E-state index in [4.69, 9.17) is 18.2 Å². The van der Waals surface area contributed by atoms with Crippen LogP contribution in [0, 0.1) is 6.58 Å². The van der Waals surface area contributed by atoms with Crippen molar-refractivity contribution in [1.29, 1.82) is 0 Å². The zero-order chi connectivity index (χ0) is 10.7. The molecule has 2 radical (unpaired) electrons. The summed E-state index contributed by atoms with van der Waals surface area (Å²) >= 11 is 5.79. The van der Waals surface area contributed by atoms with Gasteiger partial charge < -0.3 is 0 Å². The van der Waals surface area contributed by atoms with Crippen LogP contribution in [0.5, 0.6) is 0 Å². The summed E-state index contributed by atoms with van der Waals surface area (Å²) in [5, 5.41) is 0.694. The van der Waals surface area contributed by atoms with Crippen LogP contribution in [0.15, 0.2) is 54.6 Å². The summed E-state index contributed by atoms with van der Waals surface area (Å²) in [5.74, 6) is 0. The summed E-state index contributed by atoms with van der Waals surface area (Å²) in [5.41, 5.74) is 2.32. The molecule has 15 heavy (non-hydrogen) atoms. The Morgan fingerprint density at radius 3 is 1.93 bits per heavy atom. The maximum Gasteiger partial charge on any atom is 0.0406 e. The highest BCUT2D eigenvalue weighted by Crippen LogP contribution is 2.22. The number of rotatable bonds is 2. The predicted octanol–water partition coefficient (Wildman–Crippen LogP) is 4.08. The van der Waals surface area contributed by atoms with E-state index in [0.717, 1.165) is 11.1 Å². The van der Waals surface area contributed by atoms with Crippen molar-refractivity contribution in [2.45, 2.75) is 0 Å². The second-order valence-corrected chi connectivity index (χ2v) is 3.68. The second kappa shape index (κ2) is 4.33. The Morgan fingerprint density at radius 1 is 0.800 bits per heavy atom. The van der Waals surface area contributed by atoms with Gasteiger partial charge in [-0.25, -0.2) is 0 Å². The number of halogens is 1. The summed E-state index contributed by atoms with van der Waals surface area (Å²) in [6, 6.07) is 17.0. The first kappa shape index (κ1) is 10.0. The molecule has 0 fully saturated rings. The number of hydrogen-bond donors (Lipinski definition) is 0. The van der Waals surface area contributed by atoms with Crippen LogP contribution in [0.4, 0.5) is 0 Å². The largest absolute Gasteiger partial charge is 0.0843 e. The van der Waals surface area contributed by atoms with Crippen LogP contribution in [-0.2, 0) is 0 Å². The monoisotopic (exact) mass is 212 g/mol. The topological polar surface area (TPSA) is 0 Å². The minimum atomic E-state index is 0.521. The smallest absolute Gasteiger partial charge is 0.0406 e. The average molecular weight is 213 g/mol. The van der Waals surface area contributed by atoms with Crippen LogP contribution in [0.2, 0.25) is 5.02 Å². The number of benzene rings is 2. The van der Waals surface area contributed by atoms with Crippen molar-refractivity contribution in [2.24, 2.45) is 0 Å². The van der Waals surface area contributed by atoms with Gasteiger partial charge in [-0.05, 0) is 35.4 Å². The van der Waals surface area contributed by atoms with E-state index >= 15 is 0 Å². The molecular weight excluding hydrogens is 204 g/mol. The lowest BCUT2D eigenvalue weighted by atomic mass is 10.00. The van der Waals surface area contributed by atoms with E-state index in [1.54, 1.807) is 12.1 Å². The summed E-state index contributed by atoms with van der Waals surface area (Å²) in [6.07, 6.45) is 0. The van der Waals surface area contributed by atoms with Crippen LogP contribution in [0.3, 0.4) is 0 Å². The van der Waals surface area contributed by atoms with Gasteiger partial charge >= 0.3 is 0 Å². The lowest BCUT2D eigenvalue weighted by Gasteiger charge is -2.05. The maximum atomic E-state index is 8.00. The molecule has 0 atom stereocenters. The quantitative estimate of drug-likeness (QED) is 0.704. The third-order valence-electron chi connectivity index (χ3n) is 2.20. The molecule has 0 spiro atoms. The Kier molecular flexibility index (Phi) is 2.89. The minimum Gasteiger partial charge on any atom is -0.0843 e. The summed E-state index contributed by atoms with van der Waals surface area (Å²) in [6.45, 7) is 8.00. The summed E-state index contributed by atoms with van der Waals surface area (Å²) in [4.78, 5) is 0. The van der Waals surface area contributed by atoms with Crippen LogP contribution in [0.1, 0.15) is 11.1 Å². The SMILES string of the molecule is [C]=C(c1ccccc1)c1ccc(Cl)cc1. The molecule has 0 aliphatic heterocycles. The van der Waals surface area contributed by atoms with Crippen molar-refractivity contribution in [3.05, 3.63) is 77.3 Å². The molecule has 0 unspecified atom stereocenters. The van der Waals surface area contributed by atoms with Crippen molar-refractivity contribution in [3.63, 3.8) is 0 Å². The van der Waals surface area contributed by atoms with Gasteiger partial charge in [0.25, 0.3) is 0 Å². The van der Waals surface area contributed by atoms with Gasteiger partial charge in [-0.2, -0.15) is 0 Å². The second-order valence-electron chi connectivity index (χ2n) is 3.25. The first-order valence-electron chi connectivity index (χ1n) is 4.67. The standard InChI is InChI=1S/C14H9Cl/c1-11(12-5-3-2-4-6-12)13-7-9-14(15)10-8-13/h2-10H. The van der Waals surface area contributed by atoms with Crippen molar-refractivity contribution >= 4 is 17.2 Å². The molecule has 0 aromatic heterocycles. The molecule has 0 saturated heterocycles. The Balaban J connectivity index is 2.33. The molecule has 0 nitrogen and oxygen atoms in total. The molecule has 72 valence electrons.